The number of nitrogens with one attached hydrogen (secondary N) is 1. The van der Waals surface area contributed by atoms with Gasteiger partial charge in [-0.15, -0.1) is 6.58 Å². The summed E-state index contributed by atoms with van der Waals surface area (Å²) < 4.78 is 11.1. The van der Waals surface area contributed by atoms with Crippen molar-refractivity contribution in [3.05, 3.63) is 12.7 Å². The van der Waals surface area contributed by atoms with E-state index in [0.29, 0.717) is 6.42 Å². The average Bonchev–Trinajstić information content (AvgIpc) is 3.13. The summed E-state index contributed by atoms with van der Waals surface area (Å²) in [6.07, 6.45) is 1.87. The van der Waals surface area contributed by atoms with Gasteiger partial charge in [-0.25, -0.2) is 9.59 Å². The summed E-state index contributed by atoms with van der Waals surface area (Å²) in [4.78, 5) is 27.0. The zero-order valence-corrected chi connectivity index (χ0v) is 15.6. The smallest absolute Gasteiger partial charge is 0.411 e. The van der Waals surface area contributed by atoms with Gasteiger partial charge in [-0.05, 0) is 48.0 Å². The van der Waals surface area contributed by atoms with Crippen molar-refractivity contribution in [2.24, 2.45) is 5.92 Å². The van der Waals surface area contributed by atoms with Crippen molar-refractivity contribution in [3.63, 3.8) is 0 Å². The van der Waals surface area contributed by atoms with Crippen LogP contribution in [-0.2, 0) is 14.3 Å². The van der Waals surface area contributed by atoms with Crippen LogP contribution in [0.1, 0.15) is 48.0 Å². The second kappa shape index (κ2) is 6.39. The van der Waals surface area contributed by atoms with Gasteiger partial charge in [0.1, 0.15) is 17.2 Å². The van der Waals surface area contributed by atoms with E-state index in [1.54, 1.807) is 4.90 Å². The van der Waals surface area contributed by atoms with Crippen molar-refractivity contribution in [1.82, 2.24) is 10.2 Å². The maximum Gasteiger partial charge on any atom is 0.411 e. The molecule has 0 bridgehead atoms. The molecule has 0 spiro atoms. The lowest BCUT2D eigenvalue weighted by Gasteiger charge is -2.33. The molecule has 4 atom stereocenters. The van der Waals surface area contributed by atoms with Gasteiger partial charge in [0, 0.05) is 18.5 Å². The fraction of sp³-hybridized carbons (Fsp3) is 0.778. The molecule has 2 rings (SSSR count). The van der Waals surface area contributed by atoms with Crippen molar-refractivity contribution >= 4 is 12.1 Å². The molecule has 24 heavy (non-hydrogen) atoms. The molecule has 1 amide bonds. The van der Waals surface area contributed by atoms with Gasteiger partial charge in [-0.2, -0.15) is 0 Å². The van der Waals surface area contributed by atoms with E-state index in [0.717, 1.165) is 6.54 Å². The molecule has 2 heterocycles. The standard InChI is InChI=1S/C18H30N2O4/c1-8-11-9-13(15(21)23-17(2,3)4)20(14(11)12-10-19-12)16(22)24-18(5,6)7/h8,11-14,19H,1,9-10H2,2-7H3/t11-,12?,13-,14-/m1/s1. The minimum Gasteiger partial charge on any atom is -0.458 e. The van der Waals surface area contributed by atoms with Gasteiger partial charge in [0.15, 0.2) is 0 Å². The van der Waals surface area contributed by atoms with Gasteiger partial charge in [-0.3, -0.25) is 4.90 Å². The van der Waals surface area contributed by atoms with Crippen LogP contribution in [0.2, 0.25) is 0 Å². The molecular weight excluding hydrogens is 308 g/mol. The lowest BCUT2D eigenvalue weighted by atomic mass is 9.97. The second-order valence-electron chi connectivity index (χ2n) is 8.58. The molecule has 6 heteroatoms. The first kappa shape index (κ1) is 18.8. The summed E-state index contributed by atoms with van der Waals surface area (Å²) in [5, 5.41) is 3.25. The van der Waals surface area contributed by atoms with E-state index >= 15 is 0 Å². The predicted octanol–water partition coefficient (Wildman–Crippen LogP) is 2.48. The zero-order chi connectivity index (χ0) is 18.3. The van der Waals surface area contributed by atoms with E-state index in [4.69, 9.17) is 9.47 Å². The first-order valence-electron chi connectivity index (χ1n) is 8.53. The molecule has 136 valence electrons. The average molecular weight is 338 g/mol. The molecule has 0 radical (unpaired) electrons. The molecule has 0 aromatic heterocycles. The number of hydrogen-bond donors (Lipinski definition) is 1. The number of esters is 1. The number of carbonyl (C=O) groups is 2. The highest BCUT2D eigenvalue weighted by molar-refractivity contribution is 5.83. The topological polar surface area (TPSA) is 77.8 Å². The lowest BCUT2D eigenvalue weighted by Crippen LogP contribution is -2.51. The van der Waals surface area contributed by atoms with E-state index < -0.39 is 23.3 Å². The monoisotopic (exact) mass is 338 g/mol. The molecular formula is C18H30N2O4. The van der Waals surface area contributed by atoms with Crippen molar-refractivity contribution < 1.29 is 19.1 Å². The zero-order valence-electron chi connectivity index (χ0n) is 15.6. The van der Waals surface area contributed by atoms with Crippen LogP contribution in [-0.4, -0.2) is 52.8 Å². The second-order valence-corrected chi connectivity index (χ2v) is 8.58. The SMILES string of the molecule is C=C[C@@H]1C[C@H](C(=O)OC(C)(C)C)N(C(=O)OC(C)(C)C)[C@H]1C1CN1. The Morgan fingerprint density at radius 3 is 2.08 bits per heavy atom. The number of rotatable bonds is 3. The highest BCUT2D eigenvalue weighted by atomic mass is 16.6. The molecule has 2 saturated heterocycles. The van der Waals surface area contributed by atoms with E-state index in [1.807, 2.05) is 47.6 Å². The Hall–Kier alpha value is -1.56. The number of nitrogens with zero attached hydrogens (tertiary/aromatic N) is 1. The van der Waals surface area contributed by atoms with Crippen LogP contribution in [0.5, 0.6) is 0 Å². The van der Waals surface area contributed by atoms with E-state index in [2.05, 4.69) is 11.9 Å². The number of likely N-dealkylation sites (tertiary alicyclic amines) is 1. The highest BCUT2D eigenvalue weighted by Gasteiger charge is 2.53. The highest BCUT2D eigenvalue weighted by Crippen LogP contribution is 2.37. The largest absolute Gasteiger partial charge is 0.458 e. The molecule has 6 nitrogen and oxygen atoms in total. The van der Waals surface area contributed by atoms with Gasteiger partial charge < -0.3 is 14.8 Å². The van der Waals surface area contributed by atoms with Gasteiger partial charge in [0.25, 0.3) is 0 Å². The van der Waals surface area contributed by atoms with Crippen molar-refractivity contribution in [2.45, 2.75) is 77.3 Å². The number of carbonyl (C=O) groups excluding carboxylic acids is 2. The summed E-state index contributed by atoms with van der Waals surface area (Å²) in [5.74, 6) is -0.349. The Balaban J connectivity index is 2.27. The van der Waals surface area contributed by atoms with Crippen LogP contribution < -0.4 is 5.32 Å². The normalized spacial score (nSPS) is 30.0. The molecule has 0 aliphatic carbocycles. The van der Waals surface area contributed by atoms with E-state index in [-0.39, 0.29) is 24.0 Å². The quantitative estimate of drug-likeness (QED) is 0.486. The van der Waals surface area contributed by atoms with Crippen molar-refractivity contribution in [1.29, 1.82) is 0 Å². The number of amides is 1. The predicted molar refractivity (Wildman–Crippen MR) is 91.6 cm³/mol. The summed E-state index contributed by atoms with van der Waals surface area (Å²) in [6, 6.07) is -0.600. The van der Waals surface area contributed by atoms with Gasteiger partial charge >= 0.3 is 12.1 Å². The molecule has 2 aliphatic rings. The fourth-order valence-corrected chi connectivity index (χ4v) is 3.11. The summed E-state index contributed by atoms with van der Waals surface area (Å²) in [6.45, 7) is 15.6. The van der Waals surface area contributed by atoms with Crippen molar-refractivity contribution in [2.75, 3.05) is 6.54 Å². The Morgan fingerprint density at radius 2 is 1.67 bits per heavy atom. The minimum atomic E-state index is -0.644. The van der Waals surface area contributed by atoms with Gasteiger partial charge in [0.05, 0.1) is 6.04 Å². The molecule has 0 aromatic rings. The van der Waals surface area contributed by atoms with Crippen LogP contribution in [0, 0.1) is 5.92 Å². The van der Waals surface area contributed by atoms with Crippen LogP contribution in [0.15, 0.2) is 12.7 Å². The van der Waals surface area contributed by atoms with E-state index in [9.17, 15) is 9.59 Å². The number of hydrogen-bond acceptors (Lipinski definition) is 5. The molecule has 0 saturated carbocycles. The Kier molecular flexibility index (Phi) is 5.00. The fourth-order valence-electron chi connectivity index (χ4n) is 3.11. The maximum absolute atomic E-state index is 12.8. The third-order valence-corrected chi connectivity index (χ3v) is 4.03. The van der Waals surface area contributed by atoms with Crippen LogP contribution >= 0.6 is 0 Å². The van der Waals surface area contributed by atoms with E-state index in [1.165, 1.54) is 0 Å². The van der Waals surface area contributed by atoms with Crippen LogP contribution in [0.3, 0.4) is 0 Å². The lowest BCUT2D eigenvalue weighted by molar-refractivity contribution is -0.160. The molecule has 2 fully saturated rings. The summed E-state index contributed by atoms with van der Waals surface area (Å²) in [7, 11) is 0. The first-order chi connectivity index (χ1) is 10.9. The van der Waals surface area contributed by atoms with Gasteiger partial charge in [-0.1, -0.05) is 6.08 Å². The molecule has 1 N–H and O–H groups in total. The summed E-state index contributed by atoms with van der Waals surface area (Å²) >= 11 is 0. The Labute approximate surface area is 144 Å². The first-order valence-corrected chi connectivity index (χ1v) is 8.53. The van der Waals surface area contributed by atoms with Gasteiger partial charge in [0.2, 0.25) is 0 Å². The maximum atomic E-state index is 12.8. The molecule has 0 aromatic carbocycles. The van der Waals surface area contributed by atoms with Crippen LogP contribution in [0.4, 0.5) is 4.79 Å². The molecule has 1 unspecified atom stereocenters. The summed E-state index contributed by atoms with van der Waals surface area (Å²) in [5.41, 5.74) is -1.22. The Bertz CT molecular complexity index is 514. The third kappa shape index (κ3) is 4.50. The van der Waals surface area contributed by atoms with Crippen molar-refractivity contribution in [3.8, 4) is 0 Å². The minimum absolute atomic E-state index is 0.0371. The number of ether oxygens (including phenoxy) is 2. The Morgan fingerprint density at radius 1 is 1.12 bits per heavy atom. The van der Waals surface area contributed by atoms with Crippen LogP contribution in [0.25, 0.3) is 0 Å². The third-order valence-electron chi connectivity index (χ3n) is 4.03. The molecule has 2 aliphatic heterocycles.